The van der Waals surface area contributed by atoms with E-state index in [0.29, 0.717) is 13.0 Å². The molecule has 3 heteroatoms. The van der Waals surface area contributed by atoms with Gasteiger partial charge in [-0.1, -0.05) is 37.3 Å². The van der Waals surface area contributed by atoms with Gasteiger partial charge in [0, 0.05) is 19.5 Å². The summed E-state index contributed by atoms with van der Waals surface area (Å²) in [5.74, 6) is 0.222. The number of rotatable bonds is 4. The molecule has 0 aromatic heterocycles. The van der Waals surface area contributed by atoms with Crippen LogP contribution >= 0.6 is 0 Å². The van der Waals surface area contributed by atoms with Gasteiger partial charge in [0.25, 0.3) is 0 Å². The van der Waals surface area contributed by atoms with Crippen LogP contribution in [0.5, 0.6) is 0 Å². The molecular weight excluding hydrogens is 202 g/mol. The molecule has 1 amide bonds. The van der Waals surface area contributed by atoms with Crippen molar-refractivity contribution in [3.63, 3.8) is 0 Å². The van der Waals surface area contributed by atoms with Gasteiger partial charge in [-0.25, -0.2) is 0 Å². The van der Waals surface area contributed by atoms with Crippen molar-refractivity contribution in [1.29, 1.82) is 0 Å². The first-order valence-electron chi connectivity index (χ1n) is 5.73. The van der Waals surface area contributed by atoms with E-state index in [4.69, 9.17) is 4.74 Å². The van der Waals surface area contributed by atoms with E-state index in [2.05, 4.69) is 0 Å². The highest BCUT2D eigenvalue weighted by Crippen LogP contribution is 2.14. The van der Waals surface area contributed by atoms with Crippen LogP contribution in [0.2, 0.25) is 0 Å². The smallest absolute Gasteiger partial charge is 0.222 e. The van der Waals surface area contributed by atoms with Crippen LogP contribution in [0.25, 0.3) is 0 Å². The Morgan fingerprint density at radius 1 is 1.38 bits per heavy atom. The lowest BCUT2D eigenvalue weighted by molar-refractivity contribution is -0.145. The lowest BCUT2D eigenvalue weighted by atomic mass is 10.1. The van der Waals surface area contributed by atoms with E-state index in [9.17, 15) is 4.79 Å². The number of hydrogen-bond acceptors (Lipinski definition) is 2. The maximum Gasteiger partial charge on any atom is 0.222 e. The average molecular weight is 219 g/mol. The van der Waals surface area contributed by atoms with Gasteiger partial charge >= 0.3 is 0 Å². The van der Waals surface area contributed by atoms with Gasteiger partial charge in [0.15, 0.2) is 0 Å². The molecule has 1 aliphatic heterocycles. The summed E-state index contributed by atoms with van der Waals surface area (Å²) in [4.78, 5) is 13.1. The zero-order chi connectivity index (χ0) is 11.4. The maximum absolute atomic E-state index is 11.3. The normalized spacial score (nSPS) is 15.9. The molecule has 1 aromatic rings. The van der Waals surface area contributed by atoms with Crippen molar-refractivity contribution < 1.29 is 9.53 Å². The summed E-state index contributed by atoms with van der Waals surface area (Å²) in [6, 6.07) is 10.1. The molecule has 0 saturated carbocycles. The first kappa shape index (κ1) is 11.1. The van der Waals surface area contributed by atoms with Gasteiger partial charge in [-0.3, -0.25) is 4.79 Å². The molecule has 86 valence electrons. The molecule has 0 spiro atoms. The topological polar surface area (TPSA) is 29.5 Å². The fourth-order valence-corrected chi connectivity index (χ4v) is 1.76. The third-order valence-electron chi connectivity index (χ3n) is 2.83. The van der Waals surface area contributed by atoms with Crippen LogP contribution in [0.1, 0.15) is 18.9 Å². The third kappa shape index (κ3) is 2.61. The zero-order valence-corrected chi connectivity index (χ0v) is 9.56. The number of hydrogen-bond donors (Lipinski definition) is 0. The molecule has 0 atom stereocenters. The monoisotopic (exact) mass is 219 g/mol. The summed E-state index contributed by atoms with van der Waals surface area (Å²) < 4.78 is 5.70. The van der Waals surface area contributed by atoms with Crippen molar-refractivity contribution in [3.05, 3.63) is 35.9 Å². The molecule has 3 nitrogen and oxygen atoms in total. The van der Waals surface area contributed by atoms with Crippen LogP contribution in [0.3, 0.4) is 0 Å². The van der Waals surface area contributed by atoms with Gasteiger partial charge in [0.2, 0.25) is 5.91 Å². The van der Waals surface area contributed by atoms with Crippen molar-refractivity contribution >= 4 is 5.91 Å². The SMILES string of the molecule is CCC(=O)N1CC(OCc2ccccc2)C1. The second-order valence-electron chi connectivity index (χ2n) is 4.07. The van der Waals surface area contributed by atoms with Crippen LogP contribution in [0.15, 0.2) is 30.3 Å². The lowest BCUT2D eigenvalue weighted by Gasteiger charge is -2.38. The largest absolute Gasteiger partial charge is 0.370 e. The number of likely N-dealkylation sites (tertiary alicyclic amines) is 1. The Hall–Kier alpha value is -1.35. The number of benzene rings is 1. The molecule has 0 N–H and O–H groups in total. The number of ether oxygens (including phenoxy) is 1. The van der Waals surface area contributed by atoms with Crippen molar-refractivity contribution in [2.24, 2.45) is 0 Å². The van der Waals surface area contributed by atoms with Gasteiger partial charge in [-0.2, -0.15) is 0 Å². The van der Waals surface area contributed by atoms with E-state index >= 15 is 0 Å². The van der Waals surface area contributed by atoms with E-state index in [1.807, 2.05) is 42.2 Å². The van der Waals surface area contributed by atoms with Gasteiger partial charge in [0.1, 0.15) is 0 Å². The van der Waals surface area contributed by atoms with E-state index in [1.165, 1.54) is 5.56 Å². The lowest BCUT2D eigenvalue weighted by Crippen LogP contribution is -2.54. The molecular formula is C13H17NO2. The minimum absolute atomic E-state index is 0.218. The minimum atomic E-state index is 0.218. The summed E-state index contributed by atoms with van der Waals surface area (Å²) >= 11 is 0. The summed E-state index contributed by atoms with van der Waals surface area (Å²) in [6.07, 6.45) is 0.807. The molecule has 0 unspecified atom stereocenters. The predicted octanol–water partition coefficient (Wildman–Crippen LogP) is 1.82. The van der Waals surface area contributed by atoms with Crippen molar-refractivity contribution in [3.8, 4) is 0 Å². The van der Waals surface area contributed by atoms with Gasteiger partial charge in [0.05, 0.1) is 12.7 Å². The van der Waals surface area contributed by atoms with Crippen LogP contribution in [-0.2, 0) is 16.1 Å². The number of carbonyl (C=O) groups is 1. The molecule has 0 bridgehead atoms. The molecule has 1 fully saturated rings. The number of carbonyl (C=O) groups excluding carboxylic acids is 1. The molecule has 16 heavy (non-hydrogen) atoms. The van der Waals surface area contributed by atoms with Crippen LogP contribution < -0.4 is 0 Å². The van der Waals surface area contributed by atoms with E-state index in [1.54, 1.807) is 0 Å². The Bertz CT molecular complexity index is 344. The summed E-state index contributed by atoms with van der Waals surface area (Å²) in [5.41, 5.74) is 1.18. The molecule has 0 radical (unpaired) electrons. The van der Waals surface area contributed by atoms with E-state index < -0.39 is 0 Å². The van der Waals surface area contributed by atoms with Crippen molar-refractivity contribution in [2.75, 3.05) is 13.1 Å². The molecule has 2 rings (SSSR count). The summed E-state index contributed by atoms with van der Waals surface area (Å²) in [7, 11) is 0. The Morgan fingerprint density at radius 3 is 2.69 bits per heavy atom. The quantitative estimate of drug-likeness (QED) is 0.773. The van der Waals surface area contributed by atoms with Crippen molar-refractivity contribution in [2.45, 2.75) is 26.1 Å². The number of amides is 1. The van der Waals surface area contributed by atoms with Gasteiger partial charge in [-0.15, -0.1) is 0 Å². The molecule has 1 aromatic carbocycles. The Kier molecular flexibility index (Phi) is 3.57. The first-order chi connectivity index (χ1) is 7.79. The molecule has 1 aliphatic rings. The fourth-order valence-electron chi connectivity index (χ4n) is 1.76. The van der Waals surface area contributed by atoms with Crippen LogP contribution in [0, 0.1) is 0 Å². The minimum Gasteiger partial charge on any atom is -0.370 e. The van der Waals surface area contributed by atoms with Gasteiger partial charge < -0.3 is 9.64 Å². The second kappa shape index (κ2) is 5.12. The van der Waals surface area contributed by atoms with Gasteiger partial charge in [-0.05, 0) is 5.56 Å². The highest BCUT2D eigenvalue weighted by atomic mass is 16.5. The van der Waals surface area contributed by atoms with Crippen LogP contribution in [0.4, 0.5) is 0 Å². The zero-order valence-electron chi connectivity index (χ0n) is 9.56. The summed E-state index contributed by atoms with van der Waals surface area (Å²) in [6.45, 7) is 4.03. The highest BCUT2D eigenvalue weighted by Gasteiger charge is 2.29. The Labute approximate surface area is 96.0 Å². The standard InChI is InChI=1S/C13H17NO2/c1-2-13(15)14-8-12(9-14)16-10-11-6-4-3-5-7-11/h3-7,12H,2,8-10H2,1H3. The molecule has 0 aliphatic carbocycles. The highest BCUT2D eigenvalue weighted by molar-refractivity contribution is 5.76. The maximum atomic E-state index is 11.3. The Balaban J connectivity index is 1.69. The van der Waals surface area contributed by atoms with E-state index in [-0.39, 0.29) is 12.0 Å². The Morgan fingerprint density at radius 2 is 2.06 bits per heavy atom. The number of nitrogens with zero attached hydrogens (tertiary/aromatic N) is 1. The predicted molar refractivity (Wildman–Crippen MR) is 61.9 cm³/mol. The second-order valence-corrected chi connectivity index (χ2v) is 4.07. The molecule has 1 heterocycles. The van der Waals surface area contributed by atoms with E-state index in [0.717, 1.165) is 13.1 Å². The first-order valence-corrected chi connectivity index (χ1v) is 5.73. The van der Waals surface area contributed by atoms with Crippen LogP contribution in [-0.4, -0.2) is 30.0 Å². The summed E-state index contributed by atoms with van der Waals surface area (Å²) in [5, 5.41) is 0. The third-order valence-corrected chi connectivity index (χ3v) is 2.83. The average Bonchev–Trinajstić information content (AvgIpc) is 2.28. The molecule has 1 saturated heterocycles. The van der Waals surface area contributed by atoms with Crippen molar-refractivity contribution in [1.82, 2.24) is 4.90 Å². The fraction of sp³-hybridized carbons (Fsp3) is 0.462.